The Bertz CT molecular complexity index is 1040. The minimum Gasteiger partial charge on any atom is -0.451 e. The summed E-state index contributed by atoms with van der Waals surface area (Å²) in [7, 11) is 0. The zero-order valence-electron chi connectivity index (χ0n) is 18.0. The molecule has 2 aliphatic heterocycles. The number of hydrogen-bond acceptors (Lipinski definition) is 4. The van der Waals surface area contributed by atoms with E-state index in [1.54, 1.807) is 6.08 Å². The molecular weight excluding hydrogens is 388 g/mol. The van der Waals surface area contributed by atoms with E-state index in [0.717, 1.165) is 29.5 Å². The van der Waals surface area contributed by atoms with Crippen LogP contribution in [-0.2, 0) is 19.9 Å². The summed E-state index contributed by atoms with van der Waals surface area (Å²) in [6.45, 7) is 4.13. The third-order valence-corrected chi connectivity index (χ3v) is 7.34. The zero-order valence-corrected chi connectivity index (χ0v) is 18.0. The lowest BCUT2D eigenvalue weighted by Gasteiger charge is -2.48. The highest BCUT2D eigenvalue weighted by Gasteiger charge is 2.68. The number of benzene rings is 2. The number of hydrogen-bond donors (Lipinski definition) is 1. The number of ether oxygens (including phenoxy) is 2. The molecular formula is C27H28O4. The first-order valence-corrected chi connectivity index (χ1v) is 11.0. The van der Waals surface area contributed by atoms with Crippen LogP contribution in [0.4, 0.5) is 0 Å². The Morgan fingerprint density at radius 1 is 1.13 bits per heavy atom. The van der Waals surface area contributed by atoms with Crippen molar-refractivity contribution < 1.29 is 19.4 Å². The molecule has 0 saturated carbocycles. The van der Waals surface area contributed by atoms with Gasteiger partial charge in [-0.05, 0) is 49.5 Å². The van der Waals surface area contributed by atoms with Crippen molar-refractivity contribution in [2.24, 2.45) is 5.92 Å². The van der Waals surface area contributed by atoms with Gasteiger partial charge in [0.05, 0.1) is 11.7 Å². The molecule has 4 nitrogen and oxygen atoms in total. The van der Waals surface area contributed by atoms with Crippen LogP contribution in [0.25, 0.3) is 6.08 Å². The van der Waals surface area contributed by atoms with Crippen LogP contribution in [0.2, 0.25) is 0 Å². The summed E-state index contributed by atoms with van der Waals surface area (Å²) < 4.78 is 12.9. The van der Waals surface area contributed by atoms with E-state index in [1.165, 1.54) is 11.6 Å². The second-order valence-corrected chi connectivity index (χ2v) is 9.15. The number of aliphatic hydroxyl groups excluding tert-OH is 1. The molecule has 5 rings (SSSR count). The Morgan fingerprint density at radius 2 is 1.81 bits per heavy atom. The van der Waals surface area contributed by atoms with Gasteiger partial charge in [0.2, 0.25) is 0 Å². The maximum Gasteiger partial charge on any atom is 0.331 e. The molecule has 2 bridgehead atoms. The van der Waals surface area contributed by atoms with Gasteiger partial charge in [-0.2, -0.15) is 0 Å². The van der Waals surface area contributed by atoms with Gasteiger partial charge in [0.1, 0.15) is 5.60 Å². The quantitative estimate of drug-likeness (QED) is 0.442. The zero-order chi connectivity index (χ0) is 21.6. The lowest BCUT2D eigenvalue weighted by molar-refractivity contribution is -0.211. The number of allylic oxidation sites excluding steroid dienone is 1. The van der Waals surface area contributed by atoms with Crippen LogP contribution in [0.15, 0.2) is 77.9 Å². The van der Waals surface area contributed by atoms with Gasteiger partial charge in [0, 0.05) is 18.4 Å². The summed E-state index contributed by atoms with van der Waals surface area (Å²) in [4.78, 5) is 12.9. The molecule has 0 amide bonds. The average molecular weight is 417 g/mol. The Balaban J connectivity index is 1.55. The van der Waals surface area contributed by atoms with E-state index >= 15 is 0 Å². The third kappa shape index (κ3) is 3.17. The SMILES string of the molecule is CC1=C2C(OC(=O)/C=C/c3ccccc3)C3(c4ccccc4)CC(O)C(C)(O3)C2CC1. The van der Waals surface area contributed by atoms with Crippen molar-refractivity contribution in [3.8, 4) is 0 Å². The van der Waals surface area contributed by atoms with Gasteiger partial charge in [-0.1, -0.05) is 66.2 Å². The molecule has 0 aromatic heterocycles. The summed E-state index contributed by atoms with van der Waals surface area (Å²) in [5.41, 5.74) is 2.70. The monoisotopic (exact) mass is 416 g/mol. The van der Waals surface area contributed by atoms with Crippen molar-refractivity contribution in [1.82, 2.24) is 0 Å². The fraction of sp³-hybridized carbons (Fsp3) is 0.370. The van der Waals surface area contributed by atoms with Crippen molar-refractivity contribution in [1.29, 1.82) is 0 Å². The van der Waals surface area contributed by atoms with Gasteiger partial charge in [-0.3, -0.25) is 0 Å². The minimum absolute atomic E-state index is 0.0535. The molecule has 2 heterocycles. The van der Waals surface area contributed by atoms with E-state index in [1.807, 2.05) is 67.6 Å². The van der Waals surface area contributed by atoms with Gasteiger partial charge in [-0.25, -0.2) is 4.79 Å². The van der Waals surface area contributed by atoms with Crippen molar-refractivity contribution >= 4 is 12.0 Å². The van der Waals surface area contributed by atoms with Crippen molar-refractivity contribution in [2.75, 3.05) is 0 Å². The molecule has 1 aliphatic carbocycles. The maximum atomic E-state index is 12.9. The van der Waals surface area contributed by atoms with E-state index in [0.29, 0.717) is 6.42 Å². The number of esters is 1. The van der Waals surface area contributed by atoms with Crippen molar-refractivity contribution in [3.63, 3.8) is 0 Å². The van der Waals surface area contributed by atoms with E-state index < -0.39 is 29.4 Å². The molecule has 5 atom stereocenters. The summed E-state index contributed by atoms with van der Waals surface area (Å²) in [5, 5.41) is 11.1. The van der Waals surface area contributed by atoms with Crippen molar-refractivity contribution in [2.45, 2.75) is 56.5 Å². The predicted octanol–water partition coefficient (Wildman–Crippen LogP) is 4.79. The Morgan fingerprint density at radius 3 is 2.52 bits per heavy atom. The smallest absolute Gasteiger partial charge is 0.331 e. The molecule has 0 spiro atoms. The lowest BCUT2D eigenvalue weighted by atomic mass is 9.75. The van der Waals surface area contributed by atoms with Gasteiger partial charge < -0.3 is 14.6 Å². The number of fused-ring (bicyclic) bond motifs is 4. The van der Waals surface area contributed by atoms with E-state index in [2.05, 4.69) is 6.92 Å². The number of rotatable bonds is 4. The summed E-state index contributed by atoms with van der Waals surface area (Å²) in [5.74, 6) is -0.346. The highest BCUT2D eigenvalue weighted by atomic mass is 16.6. The van der Waals surface area contributed by atoms with Gasteiger partial charge in [0.15, 0.2) is 6.10 Å². The Kier molecular flexibility index (Phi) is 4.87. The molecule has 2 saturated heterocycles. The normalized spacial score (nSPS) is 34.2. The fourth-order valence-electron chi connectivity index (χ4n) is 5.76. The number of carbonyl (C=O) groups is 1. The van der Waals surface area contributed by atoms with Gasteiger partial charge in [0.25, 0.3) is 0 Å². The third-order valence-electron chi connectivity index (χ3n) is 7.34. The number of aliphatic hydroxyl groups is 1. The molecule has 2 fully saturated rings. The Labute approximate surface area is 183 Å². The molecule has 3 aliphatic rings. The molecule has 31 heavy (non-hydrogen) atoms. The van der Waals surface area contributed by atoms with Crippen LogP contribution >= 0.6 is 0 Å². The topological polar surface area (TPSA) is 55.8 Å². The predicted molar refractivity (Wildman–Crippen MR) is 119 cm³/mol. The second-order valence-electron chi connectivity index (χ2n) is 9.15. The van der Waals surface area contributed by atoms with Crippen LogP contribution in [-0.4, -0.2) is 28.9 Å². The summed E-state index contributed by atoms with van der Waals surface area (Å²) in [6, 6.07) is 19.6. The van der Waals surface area contributed by atoms with Gasteiger partial charge >= 0.3 is 5.97 Å². The molecule has 5 unspecified atom stereocenters. The fourth-order valence-corrected chi connectivity index (χ4v) is 5.76. The molecule has 2 aromatic rings. The molecule has 4 heteroatoms. The minimum atomic E-state index is -0.886. The van der Waals surface area contributed by atoms with Gasteiger partial charge in [-0.15, -0.1) is 0 Å². The Hall–Kier alpha value is -2.69. The van der Waals surface area contributed by atoms with Crippen LogP contribution in [0.5, 0.6) is 0 Å². The van der Waals surface area contributed by atoms with Crippen LogP contribution in [0.1, 0.15) is 44.2 Å². The largest absolute Gasteiger partial charge is 0.451 e. The maximum absolute atomic E-state index is 12.9. The first-order chi connectivity index (χ1) is 14.9. The van der Waals surface area contributed by atoms with Crippen LogP contribution in [0.3, 0.4) is 0 Å². The van der Waals surface area contributed by atoms with E-state index in [-0.39, 0.29) is 5.92 Å². The molecule has 2 aromatic carbocycles. The average Bonchev–Trinajstić information content (AvgIpc) is 3.29. The van der Waals surface area contributed by atoms with E-state index in [9.17, 15) is 9.90 Å². The number of carbonyl (C=O) groups excluding carboxylic acids is 1. The summed E-state index contributed by atoms with van der Waals surface area (Å²) >= 11 is 0. The van der Waals surface area contributed by atoms with Crippen LogP contribution in [0, 0.1) is 5.92 Å². The van der Waals surface area contributed by atoms with E-state index in [4.69, 9.17) is 9.47 Å². The van der Waals surface area contributed by atoms with Crippen LogP contribution < -0.4 is 0 Å². The molecule has 160 valence electrons. The van der Waals surface area contributed by atoms with Crippen molar-refractivity contribution in [3.05, 3.63) is 89.0 Å². The first-order valence-electron chi connectivity index (χ1n) is 11.0. The molecule has 0 radical (unpaired) electrons. The highest BCUT2D eigenvalue weighted by Crippen LogP contribution is 2.62. The standard InChI is InChI=1S/C27H28O4/c1-18-13-15-21-24(18)25(30-23(29)16-14-19-9-5-3-6-10-19)27(20-11-7-4-8-12-20)17-22(28)26(21,2)31-27/h3-12,14,16,21-22,25,28H,13,15,17H2,1-2H3/b16-14+. The molecule has 1 N–H and O–H groups in total. The first kappa shape index (κ1) is 20.2. The highest BCUT2D eigenvalue weighted by molar-refractivity contribution is 5.87. The second kappa shape index (κ2) is 7.47. The summed E-state index contributed by atoms with van der Waals surface area (Å²) in [6.07, 6.45) is 4.32. The lowest BCUT2D eigenvalue weighted by Crippen LogP contribution is -2.55.